The average Bonchev–Trinajstić information content (AvgIpc) is 2.14. The molecule has 0 bridgehead atoms. The summed E-state index contributed by atoms with van der Waals surface area (Å²) in [5.41, 5.74) is 0. The van der Waals surface area contributed by atoms with Gasteiger partial charge in [0.05, 0.1) is 0 Å². The van der Waals surface area contributed by atoms with Crippen LogP contribution >= 0.6 is 11.9 Å². The third-order valence-electron chi connectivity index (χ3n) is 2.27. The first kappa shape index (κ1) is 13.3. The van der Waals surface area contributed by atoms with E-state index < -0.39 is 0 Å². The van der Waals surface area contributed by atoms with Gasteiger partial charge in [-0.25, -0.2) is 0 Å². The molecular formula is C11H25NS. The van der Waals surface area contributed by atoms with Gasteiger partial charge in [0, 0.05) is 12.3 Å². The topological polar surface area (TPSA) is 12.0 Å². The van der Waals surface area contributed by atoms with E-state index in [0.717, 1.165) is 5.92 Å². The van der Waals surface area contributed by atoms with Crippen molar-refractivity contribution in [3.8, 4) is 0 Å². The predicted molar refractivity (Wildman–Crippen MR) is 64.1 cm³/mol. The van der Waals surface area contributed by atoms with Crippen molar-refractivity contribution >= 4 is 11.9 Å². The van der Waals surface area contributed by atoms with Gasteiger partial charge in [-0.3, -0.25) is 4.72 Å². The van der Waals surface area contributed by atoms with Crippen molar-refractivity contribution in [2.75, 3.05) is 12.3 Å². The van der Waals surface area contributed by atoms with Gasteiger partial charge in [-0.15, -0.1) is 0 Å². The molecule has 0 aliphatic carbocycles. The number of hydrogen-bond acceptors (Lipinski definition) is 2. The van der Waals surface area contributed by atoms with Crippen LogP contribution in [0.3, 0.4) is 0 Å². The normalized spacial score (nSPS) is 13.2. The molecule has 0 aliphatic rings. The molecule has 0 heterocycles. The summed E-state index contributed by atoms with van der Waals surface area (Å²) in [6.07, 6.45) is 6.87. The minimum absolute atomic E-state index is 0.924. The minimum Gasteiger partial charge on any atom is -0.264 e. The second-order valence-electron chi connectivity index (χ2n) is 3.72. The molecule has 0 rings (SSSR count). The molecule has 1 atom stereocenters. The molecule has 0 saturated heterocycles. The highest BCUT2D eigenvalue weighted by molar-refractivity contribution is 7.97. The highest BCUT2D eigenvalue weighted by atomic mass is 32.2. The number of rotatable bonds is 9. The summed E-state index contributed by atoms with van der Waals surface area (Å²) < 4.78 is 3.36. The molecule has 0 fully saturated rings. The lowest BCUT2D eigenvalue weighted by atomic mass is 9.99. The SMILES string of the molecule is CCCCC(C)CCCNSCC. The van der Waals surface area contributed by atoms with E-state index in [0.29, 0.717) is 0 Å². The molecular weight excluding hydrogens is 178 g/mol. The van der Waals surface area contributed by atoms with Crippen molar-refractivity contribution in [1.82, 2.24) is 4.72 Å². The van der Waals surface area contributed by atoms with Gasteiger partial charge >= 0.3 is 0 Å². The van der Waals surface area contributed by atoms with Crippen LogP contribution in [-0.2, 0) is 0 Å². The molecule has 2 heteroatoms. The largest absolute Gasteiger partial charge is 0.264 e. The maximum atomic E-state index is 3.36. The number of unbranched alkanes of at least 4 members (excludes halogenated alkanes) is 1. The van der Waals surface area contributed by atoms with Crippen LogP contribution in [0.25, 0.3) is 0 Å². The number of hydrogen-bond donors (Lipinski definition) is 1. The van der Waals surface area contributed by atoms with E-state index in [1.807, 2.05) is 11.9 Å². The standard InChI is InChI=1S/C11H25NS/c1-4-6-8-11(3)9-7-10-12-13-5-2/h11-12H,4-10H2,1-3H3. The molecule has 0 spiro atoms. The third-order valence-corrected chi connectivity index (χ3v) is 2.97. The zero-order valence-electron chi connectivity index (χ0n) is 9.44. The molecule has 1 unspecified atom stereocenters. The summed E-state index contributed by atoms with van der Waals surface area (Å²) in [6.45, 7) is 8.01. The first-order chi connectivity index (χ1) is 6.31. The molecule has 0 radical (unpaired) electrons. The Bertz CT molecular complexity index is 96.1. The summed E-state index contributed by atoms with van der Waals surface area (Å²) in [6, 6.07) is 0. The molecule has 0 aromatic rings. The summed E-state index contributed by atoms with van der Waals surface area (Å²) in [4.78, 5) is 0. The van der Waals surface area contributed by atoms with Crippen LogP contribution in [0.2, 0.25) is 0 Å². The molecule has 0 aliphatic heterocycles. The van der Waals surface area contributed by atoms with E-state index in [1.54, 1.807) is 0 Å². The first-order valence-electron chi connectivity index (χ1n) is 5.65. The van der Waals surface area contributed by atoms with Crippen LogP contribution in [0, 0.1) is 5.92 Å². The van der Waals surface area contributed by atoms with Crippen LogP contribution in [-0.4, -0.2) is 12.3 Å². The Morgan fingerprint density at radius 1 is 1.15 bits per heavy atom. The molecule has 13 heavy (non-hydrogen) atoms. The Morgan fingerprint density at radius 2 is 1.85 bits per heavy atom. The molecule has 1 nitrogen and oxygen atoms in total. The van der Waals surface area contributed by atoms with E-state index in [9.17, 15) is 0 Å². The Labute approximate surface area is 88.2 Å². The summed E-state index contributed by atoms with van der Waals surface area (Å²) in [7, 11) is 0. The molecule has 0 aromatic heterocycles. The molecule has 80 valence electrons. The lowest BCUT2D eigenvalue weighted by Crippen LogP contribution is -2.07. The van der Waals surface area contributed by atoms with E-state index in [4.69, 9.17) is 0 Å². The summed E-state index contributed by atoms with van der Waals surface area (Å²) >= 11 is 1.83. The van der Waals surface area contributed by atoms with Gasteiger partial charge in [0.15, 0.2) is 0 Å². The third kappa shape index (κ3) is 10.2. The maximum absolute atomic E-state index is 3.36. The lowest BCUT2D eigenvalue weighted by molar-refractivity contribution is 0.457. The fraction of sp³-hybridized carbons (Fsp3) is 1.00. The van der Waals surface area contributed by atoms with Crippen LogP contribution in [0.5, 0.6) is 0 Å². The Balaban J connectivity index is 3.03. The number of nitrogens with one attached hydrogen (secondary N) is 1. The summed E-state index contributed by atoms with van der Waals surface area (Å²) in [5.74, 6) is 2.10. The molecule has 1 N–H and O–H groups in total. The Hall–Kier alpha value is 0.310. The van der Waals surface area contributed by atoms with E-state index in [2.05, 4.69) is 25.5 Å². The molecule has 0 amide bonds. The van der Waals surface area contributed by atoms with Crippen molar-refractivity contribution in [2.24, 2.45) is 5.92 Å². The van der Waals surface area contributed by atoms with Crippen molar-refractivity contribution in [1.29, 1.82) is 0 Å². The van der Waals surface area contributed by atoms with Gasteiger partial charge in [0.25, 0.3) is 0 Å². The second-order valence-corrected chi connectivity index (χ2v) is 4.87. The Morgan fingerprint density at radius 3 is 2.46 bits per heavy atom. The van der Waals surface area contributed by atoms with E-state index in [-0.39, 0.29) is 0 Å². The zero-order chi connectivity index (χ0) is 9.94. The highest BCUT2D eigenvalue weighted by Gasteiger charge is 2.00. The van der Waals surface area contributed by atoms with Gasteiger partial charge < -0.3 is 0 Å². The predicted octanol–water partition coefficient (Wildman–Crippen LogP) is 3.85. The summed E-state index contributed by atoms with van der Waals surface area (Å²) in [5, 5.41) is 0. The van der Waals surface area contributed by atoms with Crippen molar-refractivity contribution in [2.45, 2.75) is 52.9 Å². The van der Waals surface area contributed by atoms with Gasteiger partial charge in [-0.1, -0.05) is 52.0 Å². The monoisotopic (exact) mass is 203 g/mol. The van der Waals surface area contributed by atoms with Crippen molar-refractivity contribution < 1.29 is 0 Å². The average molecular weight is 203 g/mol. The zero-order valence-corrected chi connectivity index (χ0v) is 10.3. The maximum Gasteiger partial charge on any atom is 0.00586 e. The van der Waals surface area contributed by atoms with Crippen LogP contribution in [0.15, 0.2) is 0 Å². The highest BCUT2D eigenvalue weighted by Crippen LogP contribution is 2.13. The van der Waals surface area contributed by atoms with Crippen LogP contribution in [0.1, 0.15) is 52.9 Å². The van der Waals surface area contributed by atoms with Crippen molar-refractivity contribution in [3.63, 3.8) is 0 Å². The minimum atomic E-state index is 0.924. The van der Waals surface area contributed by atoms with Gasteiger partial charge in [-0.05, 0) is 18.8 Å². The smallest absolute Gasteiger partial charge is 0.00586 e. The van der Waals surface area contributed by atoms with Gasteiger partial charge in [-0.2, -0.15) is 0 Å². The fourth-order valence-electron chi connectivity index (χ4n) is 1.39. The lowest BCUT2D eigenvalue weighted by Gasteiger charge is -2.10. The van der Waals surface area contributed by atoms with Gasteiger partial charge in [0.1, 0.15) is 0 Å². The van der Waals surface area contributed by atoms with Crippen LogP contribution < -0.4 is 4.72 Å². The van der Waals surface area contributed by atoms with Crippen LogP contribution in [0.4, 0.5) is 0 Å². The molecule has 0 aromatic carbocycles. The molecule has 0 saturated carbocycles. The van der Waals surface area contributed by atoms with E-state index in [1.165, 1.54) is 44.4 Å². The van der Waals surface area contributed by atoms with E-state index >= 15 is 0 Å². The second kappa shape index (κ2) is 10.4. The first-order valence-corrected chi connectivity index (χ1v) is 6.64. The fourth-order valence-corrected chi connectivity index (χ4v) is 1.89. The Kier molecular flexibility index (Phi) is 10.6. The quantitative estimate of drug-likeness (QED) is 0.451. The van der Waals surface area contributed by atoms with Gasteiger partial charge in [0.2, 0.25) is 0 Å². The van der Waals surface area contributed by atoms with Crippen molar-refractivity contribution in [3.05, 3.63) is 0 Å².